The number of ether oxygens (including phenoxy) is 1. The maximum absolute atomic E-state index is 12.6. The Bertz CT molecular complexity index is 645. The van der Waals surface area contributed by atoms with Crippen LogP contribution < -0.4 is 0 Å². The fraction of sp³-hybridized carbons (Fsp3) is 0.467. The molecule has 2 rings (SSSR count). The standard InChI is InChI=1S/C15H19NO4S/c1-20-14-7-3-9-16(12-14)21(18,19)15-8-2-5-13(11-15)6-4-10-17/h2,5,8,11,14,17H,3,7,9-10,12H2,1H3. The molecule has 5 nitrogen and oxygen atoms in total. The van der Waals surface area contributed by atoms with E-state index in [-0.39, 0.29) is 17.6 Å². The van der Waals surface area contributed by atoms with Crippen LogP contribution in [0.25, 0.3) is 0 Å². The Labute approximate surface area is 125 Å². The minimum absolute atomic E-state index is 0.0501. The summed E-state index contributed by atoms with van der Waals surface area (Å²) in [6.45, 7) is 0.638. The van der Waals surface area contributed by atoms with Crippen LogP contribution in [0, 0.1) is 11.8 Å². The Morgan fingerprint density at radius 3 is 3.00 bits per heavy atom. The van der Waals surface area contributed by atoms with Crippen LogP contribution >= 0.6 is 0 Å². The highest BCUT2D eigenvalue weighted by atomic mass is 32.2. The van der Waals surface area contributed by atoms with E-state index in [0.717, 1.165) is 12.8 Å². The second kappa shape index (κ2) is 7.05. The van der Waals surface area contributed by atoms with Crippen LogP contribution in [-0.2, 0) is 14.8 Å². The molecule has 0 aromatic heterocycles. The van der Waals surface area contributed by atoms with Crippen LogP contribution in [-0.4, -0.2) is 50.7 Å². The van der Waals surface area contributed by atoms with Gasteiger partial charge in [0, 0.05) is 25.8 Å². The third-order valence-electron chi connectivity index (χ3n) is 3.46. The first-order chi connectivity index (χ1) is 10.1. The number of benzene rings is 1. The molecule has 1 aromatic carbocycles. The molecule has 1 heterocycles. The average Bonchev–Trinajstić information content (AvgIpc) is 2.53. The van der Waals surface area contributed by atoms with E-state index in [4.69, 9.17) is 9.84 Å². The monoisotopic (exact) mass is 309 g/mol. The predicted octanol–water partition coefficient (Wildman–Crippen LogP) is 0.830. The number of hydrogen-bond acceptors (Lipinski definition) is 4. The second-order valence-electron chi connectivity index (χ2n) is 4.85. The molecule has 0 spiro atoms. The van der Waals surface area contributed by atoms with Crippen LogP contribution in [0.2, 0.25) is 0 Å². The van der Waals surface area contributed by atoms with Gasteiger partial charge in [-0.3, -0.25) is 0 Å². The third-order valence-corrected chi connectivity index (χ3v) is 5.32. The Kier molecular flexibility index (Phi) is 5.37. The van der Waals surface area contributed by atoms with Gasteiger partial charge in [-0.2, -0.15) is 4.31 Å². The van der Waals surface area contributed by atoms with Crippen molar-refractivity contribution in [3.63, 3.8) is 0 Å². The summed E-state index contributed by atoms with van der Waals surface area (Å²) >= 11 is 0. The molecule has 1 fully saturated rings. The molecular weight excluding hydrogens is 290 g/mol. The van der Waals surface area contributed by atoms with Crippen molar-refractivity contribution in [3.8, 4) is 11.8 Å². The number of hydrogen-bond donors (Lipinski definition) is 1. The smallest absolute Gasteiger partial charge is 0.243 e. The van der Waals surface area contributed by atoms with E-state index in [0.29, 0.717) is 18.7 Å². The quantitative estimate of drug-likeness (QED) is 0.840. The van der Waals surface area contributed by atoms with E-state index in [1.807, 2.05) is 0 Å². The molecule has 1 N–H and O–H groups in total. The molecule has 1 aromatic rings. The van der Waals surface area contributed by atoms with Crippen molar-refractivity contribution in [3.05, 3.63) is 29.8 Å². The summed E-state index contributed by atoms with van der Waals surface area (Å²) in [6.07, 6.45) is 1.62. The minimum Gasteiger partial charge on any atom is -0.384 e. The lowest BCUT2D eigenvalue weighted by Gasteiger charge is -2.31. The average molecular weight is 309 g/mol. The van der Waals surface area contributed by atoms with Gasteiger partial charge in [0.25, 0.3) is 0 Å². The van der Waals surface area contributed by atoms with Crippen LogP contribution in [0.5, 0.6) is 0 Å². The molecule has 1 atom stereocenters. The van der Waals surface area contributed by atoms with Crippen LogP contribution in [0.4, 0.5) is 0 Å². The zero-order valence-electron chi connectivity index (χ0n) is 11.9. The van der Waals surface area contributed by atoms with Gasteiger partial charge in [-0.25, -0.2) is 8.42 Å². The van der Waals surface area contributed by atoms with Crippen molar-refractivity contribution in [2.45, 2.75) is 23.8 Å². The number of aliphatic hydroxyl groups is 1. The molecule has 0 radical (unpaired) electrons. The van der Waals surface area contributed by atoms with E-state index in [2.05, 4.69) is 11.8 Å². The Morgan fingerprint density at radius 1 is 1.48 bits per heavy atom. The molecule has 114 valence electrons. The second-order valence-corrected chi connectivity index (χ2v) is 6.79. The highest BCUT2D eigenvalue weighted by molar-refractivity contribution is 7.89. The van der Waals surface area contributed by atoms with E-state index < -0.39 is 10.0 Å². The lowest BCUT2D eigenvalue weighted by atomic mass is 10.1. The number of methoxy groups -OCH3 is 1. The molecule has 21 heavy (non-hydrogen) atoms. The van der Waals surface area contributed by atoms with Crippen molar-refractivity contribution in [2.75, 3.05) is 26.8 Å². The molecule has 6 heteroatoms. The molecule has 1 unspecified atom stereocenters. The number of piperidine rings is 1. The van der Waals surface area contributed by atoms with E-state index in [9.17, 15) is 8.42 Å². The normalized spacial score (nSPS) is 19.8. The van der Waals surface area contributed by atoms with Gasteiger partial charge in [0.2, 0.25) is 10.0 Å². The van der Waals surface area contributed by atoms with Gasteiger partial charge in [0.15, 0.2) is 0 Å². The first-order valence-electron chi connectivity index (χ1n) is 6.80. The highest BCUT2D eigenvalue weighted by Crippen LogP contribution is 2.22. The van der Waals surface area contributed by atoms with Crippen molar-refractivity contribution in [2.24, 2.45) is 0 Å². The summed E-state index contributed by atoms with van der Waals surface area (Å²) in [6, 6.07) is 6.48. The van der Waals surface area contributed by atoms with Crippen LogP contribution in [0.1, 0.15) is 18.4 Å². The van der Waals surface area contributed by atoms with E-state index in [1.54, 1.807) is 25.3 Å². The third kappa shape index (κ3) is 3.83. The lowest BCUT2D eigenvalue weighted by molar-refractivity contribution is 0.0572. The zero-order chi connectivity index (χ0) is 15.3. The van der Waals surface area contributed by atoms with Crippen molar-refractivity contribution in [1.82, 2.24) is 4.31 Å². The molecule has 1 aliphatic rings. The summed E-state index contributed by atoms with van der Waals surface area (Å²) < 4.78 is 32.0. The number of rotatable bonds is 3. The molecule has 0 saturated carbocycles. The number of nitrogens with zero attached hydrogens (tertiary/aromatic N) is 1. The zero-order valence-corrected chi connectivity index (χ0v) is 12.8. The van der Waals surface area contributed by atoms with Gasteiger partial charge < -0.3 is 9.84 Å². The van der Waals surface area contributed by atoms with E-state index >= 15 is 0 Å². The van der Waals surface area contributed by atoms with Crippen molar-refractivity contribution in [1.29, 1.82) is 0 Å². The van der Waals surface area contributed by atoms with Crippen LogP contribution in [0.15, 0.2) is 29.2 Å². The van der Waals surface area contributed by atoms with E-state index in [1.165, 1.54) is 10.4 Å². The fourth-order valence-corrected chi connectivity index (χ4v) is 3.90. The number of sulfonamides is 1. The summed E-state index contributed by atoms with van der Waals surface area (Å²) in [5.74, 6) is 5.24. The van der Waals surface area contributed by atoms with Gasteiger partial charge in [0.05, 0.1) is 11.0 Å². The summed E-state index contributed by atoms with van der Waals surface area (Å²) in [5.41, 5.74) is 0.574. The van der Waals surface area contributed by atoms with Crippen LogP contribution in [0.3, 0.4) is 0 Å². The largest absolute Gasteiger partial charge is 0.384 e. The minimum atomic E-state index is -3.53. The summed E-state index contributed by atoms with van der Waals surface area (Å²) in [7, 11) is -1.93. The SMILES string of the molecule is COC1CCCN(S(=O)(=O)c2cccc(C#CCO)c2)C1. The Hall–Kier alpha value is -1.39. The first-order valence-corrected chi connectivity index (χ1v) is 8.24. The van der Waals surface area contributed by atoms with Gasteiger partial charge >= 0.3 is 0 Å². The summed E-state index contributed by atoms with van der Waals surface area (Å²) in [5, 5.41) is 8.70. The van der Waals surface area contributed by atoms with Gasteiger partial charge in [0.1, 0.15) is 6.61 Å². The first kappa shape index (κ1) is 16.0. The molecule has 0 aliphatic carbocycles. The Balaban J connectivity index is 2.26. The van der Waals surface area contributed by atoms with Gasteiger partial charge in [-0.05, 0) is 31.0 Å². The molecule has 1 saturated heterocycles. The molecule has 0 amide bonds. The summed E-state index contributed by atoms with van der Waals surface area (Å²) in [4.78, 5) is 0.226. The molecule has 0 bridgehead atoms. The number of aliphatic hydroxyl groups excluding tert-OH is 1. The molecular formula is C15H19NO4S. The lowest BCUT2D eigenvalue weighted by Crippen LogP contribution is -2.42. The van der Waals surface area contributed by atoms with Crippen molar-refractivity contribution >= 4 is 10.0 Å². The highest BCUT2D eigenvalue weighted by Gasteiger charge is 2.30. The topological polar surface area (TPSA) is 66.8 Å². The fourth-order valence-electron chi connectivity index (χ4n) is 2.34. The van der Waals surface area contributed by atoms with Gasteiger partial charge in [-0.15, -0.1) is 0 Å². The van der Waals surface area contributed by atoms with Gasteiger partial charge in [-0.1, -0.05) is 17.9 Å². The predicted molar refractivity (Wildman–Crippen MR) is 79.2 cm³/mol. The Morgan fingerprint density at radius 2 is 2.29 bits per heavy atom. The van der Waals surface area contributed by atoms with Crippen molar-refractivity contribution < 1.29 is 18.3 Å². The molecule has 1 aliphatic heterocycles. The maximum atomic E-state index is 12.6. The maximum Gasteiger partial charge on any atom is 0.243 e.